The van der Waals surface area contributed by atoms with Crippen molar-refractivity contribution in [2.45, 2.75) is 31.9 Å². The largest absolute Gasteiger partial charge is 0.308 e. The van der Waals surface area contributed by atoms with Gasteiger partial charge in [-0.1, -0.05) is 0 Å². The molecule has 1 atom stereocenters. The highest BCUT2D eigenvalue weighted by Gasteiger charge is 2.21. The smallest absolute Gasteiger partial charge is 0.146 e. The van der Waals surface area contributed by atoms with E-state index in [0.717, 1.165) is 22.9 Å². The van der Waals surface area contributed by atoms with Gasteiger partial charge in [0.05, 0.1) is 5.25 Å². The average molecular weight is 224 g/mol. The van der Waals surface area contributed by atoms with Gasteiger partial charge < -0.3 is 5.43 Å². The minimum atomic E-state index is 0.455. The topological polar surface area (TPSA) is 63.8 Å². The van der Waals surface area contributed by atoms with E-state index in [4.69, 9.17) is 5.84 Å². The Bertz CT molecular complexity index is 361. The quantitative estimate of drug-likeness (QED) is 0.594. The van der Waals surface area contributed by atoms with E-state index in [1.807, 2.05) is 25.6 Å². The Kier molecular flexibility index (Phi) is 3.11. The second-order valence-electron chi connectivity index (χ2n) is 3.79. The van der Waals surface area contributed by atoms with Gasteiger partial charge in [0.1, 0.15) is 11.6 Å². The van der Waals surface area contributed by atoms with Crippen LogP contribution in [0, 0.1) is 13.8 Å². The number of nitrogens with two attached hydrogens (primary N) is 1. The Balaban J connectivity index is 2.35. The van der Waals surface area contributed by atoms with Crippen molar-refractivity contribution in [2.75, 3.05) is 11.2 Å². The van der Waals surface area contributed by atoms with Crippen LogP contribution in [0.5, 0.6) is 0 Å². The summed E-state index contributed by atoms with van der Waals surface area (Å²) >= 11 is 1.94. The van der Waals surface area contributed by atoms with E-state index in [2.05, 4.69) is 15.4 Å². The zero-order valence-corrected chi connectivity index (χ0v) is 9.90. The lowest BCUT2D eigenvalue weighted by Gasteiger charge is -2.12. The molecule has 1 aromatic rings. The zero-order valence-electron chi connectivity index (χ0n) is 9.08. The summed E-state index contributed by atoms with van der Waals surface area (Å²) in [6, 6.07) is 0. The molecule has 5 heteroatoms. The van der Waals surface area contributed by atoms with Crippen molar-refractivity contribution in [3.05, 3.63) is 17.1 Å². The minimum absolute atomic E-state index is 0.455. The molecule has 1 fully saturated rings. The fourth-order valence-corrected chi connectivity index (χ4v) is 2.92. The number of hydrogen-bond acceptors (Lipinski definition) is 5. The van der Waals surface area contributed by atoms with Gasteiger partial charge in [-0.15, -0.1) is 0 Å². The molecule has 82 valence electrons. The number of rotatable bonds is 2. The Morgan fingerprint density at radius 3 is 2.80 bits per heavy atom. The van der Waals surface area contributed by atoms with Crippen LogP contribution in [0.1, 0.15) is 35.2 Å². The molecule has 1 aliphatic rings. The van der Waals surface area contributed by atoms with E-state index in [-0.39, 0.29) is 0 Å². The molecule has 15 heavy (non-hydrogen) atoms. The number of hydrogen-bond donors (Lipinski definition) is 2. The third-order valence-corrected chi connectivity index (χ3v) is 4.13. The van der Waals surface area contributed by atoms with Gasteiger partial charge in [-0.2, -0.15) is 11.8 Å². The highest BCUT2D eigenvalue weighted by molar-refractivity contribution is 7.99. The molecule has 0 radical (unpaired) electrons. The SMILES string of the molecule is Cc1nc(C2CCCS2)nc(NN)c1C. The highest BCUT2D eigenvalue weighted by atomic mass is 32.2. The van der Waals surface area contributed by atoms with Crippen LogP contribution in [0.15, 0.2) is 0 Å². The molecule has 0 spiro atoms. The Morgan fingerprint density at radius 2 is 2.20 bits per heavy atom. The molecule has 0 bridgehead atoms. The summed E-state index contributed by atoms with van der Waals surface area (Å²) in [5.41, 5.74) is 4.69. The number of nitrogen functional groups attached to an aromatic ring is 1. The van der Waals surface area contributed by atoms with E-state index in [0.29, 0.717) is 5.25 Å². The number of thioether (sulfide) groups is 1. The molecule has 0 aromatic carbocycles. The molecule has 0 aliphatic carbocycles. The second kappa shape index (κ2) is 4.37. The van der Waals surface area contributed by atoms with Crippen LogP contribution in [-0.2, 0) is 0 Å². The Hall–Kier alpha value is -0.810. The van der Waals surface area contributed by atoms with Crippen LogP contribution >= 0.6 is 11.8 Å². The third-order valence-electron chi connectivity index (χ3n) is 2.76. The first-order chi connectivity index (χ1) is 7.22. The van der Waals surface area contributed by atoms with E-state index in [1.54, 1.807) is 0 Å². The highest BCUT2D eigenvalue weighted by Crippen LogP contribution is 2.38. The molecule has 4 nitrogen and oxygen atoms in total. The fraction of sp³-hybridized carbons (Fsp3) is 0.600. The standard InChI is InChI=1S/C10H16N4S/c1-6-7(2)12-10(13-9(6)14-11)8-4-3-5-15-8/h8H,3-5,11H2,1-2H3,(H,12,13,14). The maximum Gasteiger partial charge on any atom is 0.146 e. The maximum atomic E-state index is 5.44. The van der Waals surface area contributed by atoms with Crippen molar-refractivity contribution < 1.29 is 0 Å². The van der Waals surface area contributed by atoms with Crippen molar-refractivity contribution in [3.63, 3.8) is 0 Å². The van der Waals surface area contributed by atoms with E-state index < -0.39 is 0 Å². The summed E-state index contributed by atoms with van der Waals surface area (Å²) in [6.45, 7) is 3.98. The van der Waals surface area contributed by atoms with E-state index in [1.165, 1.54) is 18.6 Å². The lowest BCUT2D eigenvalue weighted by molar-refractivity contribution is 0.769. The first-order valence-electron chi connectivity index (χ1n) is 5.15. The summed E-state index contributed by atoms with van der Waals surface area (Å²) < 4.78 is 0. The first-order valence-corrected chi connectivity index (χ1v) is 6.20. The monoisotopic (exact) mass is 224 g/mol. The molecule has 1 aliphatic heterocycles. The molecule has 0 saturated carbocycles. The molecule has 2 rings (SSSR count). The third kappa shape index (κ3) is 2.08. The van der Waals surface area contributed by atoms with Gasteiger partial charge in [-0.25, -0.2) is 15.8 Å². The average Bonchev–Trinajstić information content (AvgIpc) is 2.75. The summed E-state index contributed by atoms with van der Waals surface area (Å²) in [5, 5.41) is 0.455. The zero-order chi connectivity index (χ0) is 10.8. The van der Waals surface area contributed by atoms with E-state index >= 15 is 0 Å². The van der Waals surface area contributed by atoms with Crippen LogP contribution < -0.4 is 11.3 Å². The van der Waals surface area contributed by atoms with Gasteiger partial charge in [0.15, 0.2) is 0 Å². The van der Waals surface area contributed by atoms with Crippen LogP contribution in [0.4, 0.5) is 5.82 Å². The van der Waals surface area contributed by atoms with Crippen LogP contribution in [0.3, 0.4) is 0 Å². The van der Waals surface area contributed by atoms with Gasteiger partial charge in [-0.3, -0.25) is 0 Å². The molecular formula is C10H16N4S. The number of aromatic nitrogens is 2. The van der Waals surface area contributed by atoms with Crippen LogP contribution in [0.25, 0.3) is 0 Å². The molecule has 3 N–H and O–H groups in total. The number of nitrogens with zero attached hydrogens (tertiary/aromatic N) is 2. The number of anilines is 1. The Morgan fingerprint density at radius 1 is 1.40 bits per heavy atom. The van der Waals surface area contributed by atoms with Crippen molar-refractivity contribution in [1.29, 1.82) is 0 Å². The fourth-order valence-electron chi connectivity index (χ4n) is 1.72. The number of aryl methyl sites for hydroxylation is 1. The van der Waals surface area contributed by atoms with Crippen molar-refractivity contribution in [2.24, 2.45) is 5.84 Å². The first kappa shape index (κ1) is 10.7. The summed E-state index contributed by atoms with van der Waals surface area (Å²) in [5.74, 6) is 8.33. The predicted molar refractivity (Wildman–Crippen MR) is 63.7 cm³/mol. The van der Waals surface area contributed by atoms with Gasteiger partial charge in [0.25, 0.3) is 0 Å². The number of nitrogens with one attached hydrogen (secondary N) is 1. The van der Waals surface area contributed by atoms with Crippen LogP contribution in [-0.4, -0.2) is 15.7 Å². The second-order valence-corrected chi connectivity index (χ2v) is 5.10. The van der Waals surface area contributed by atoms with E-state index in [9.17, 15) is 0 Å². The molecule has 1 unspecified atom stereocenters. The molecule has 2 heterocycles. The van der Waals surface area contributed by atoms with Gasteiger partial charge in [0, 0.05) is 11.3 Å². The summed E-state index contributed by atoms with van der Waals surface area (Å²) in [6.07, 6.45) is 2.44. The van der Waals surface area contributed by atoms with Crippen molar-refractivity contribution in [3.8, 4) is 0 Å². The van der Waals surface area contributed by atoms with Gasteiger partial charge >= 0.3 is 0 Å². The van der Waals surface area contributed by atoms with Crippen molar-refractivity contribution >= 4 is 17.6 Å². The lowest BCUT2D eigenvalue weighted by atomic mass is 10.2. The predicted octanol–water partition coefficient (Wildman–Crippen LogP) is 1.95. The number of hydrazine groups is 1. The normalized spacial score (nSPS) is 20.6. The van der Waals surface area contributed by atoms with Crippen molar-refractivity contribution in [1.82, 2.24) is 9.97 Å². The summed E-state index contributed by atoms with van der Waals surface area (Å²) in [4.78, 5) is 9.00. The molecule has 0 amide bonds. The van der Waals surface area contributed by atoms with Crippen LogP contribution in [0.2, 0.25) is 0 Å². The Labute approximate surface area is 94.0 Å². The lowest BCUT2D eigenvalue weighted by Crippen LogP contribution is -2.14. The summed E-state index contributed by atoms with van der Waals surface area (Å²) in [7, 11) is 0. The van der Waals surface area contributed by atoms with Gasteiger partial charge in [0.2, 0.25) is 0 Å². The maximum absolute atomic E-state index is 5.44. The molecule has 1 aromatic heterocycles. The van der Waals surface area contributed by atoms with Gasteiger partial charge in [-0.05, 0) is 32.4 Å². The molecular weight excluding hydrogens is 208 g/mol. The minimum Gasteiger partial charge on any atom is -0.308 e. The molecule has 1 saturated heterocycles.